The number of allylic oxidation sites excluding steroid dienone is 14. The number of rotatable bonds is 58. The summed E-state index contributed by atoms with van der Waals surface area (Å²) in [5, 5.41) is 0. The number of esters is 2. The molecule has 0 aromatic rings. The predicted octanol–water partition coefficient (Wildman–Crippen LogP) is 19.9. The molecule has 0 spiro atoms. The Morgan fingerprint density at radius 3 is 1.09 bits per heavy atom. The van der Waals surface area contributed by atoms with Crippen molar-refractivity contribution in [2.24, 2.45) is 5.73 Å². The SMILES string of the molecule is CC/C=C\C/C=C\C/C=C\C/C=C\C/C=C\CCCCCCCCCCCCCCCCCCCC(=O)OC(COC(=O)CCCCCCCCCCC/C=C\C/C=C\CCCCCCC)COP(=O)(O)OCCN. The summed E-state index contributed by atoms with van der Waals surface area (Å²) in [6.07, 6.45) is 79.3. The average Bonchev–Trinajstić information content (AvgIpc) is 3.40. The van der Waals surface area contributed by atoms with Crippen LogP contribution >= 0.6 is 7.82 Å². The van der Waals surface area contributed by atoms with Gasteiger partial charge in [0.15, 0.2) is 6.10 Å². The minimum absolute atomic E-state index is 0.0511. The van der Waals surface area contributed by atoms with E-state index in [1.165, 1.54) is 173 Å². The van der Waals surface area contributed by atoms with Crippen LogP contribution in [0.25, 0.3) is 0 Å². The summed E-state index contributed by atoms with van der Waals surface area (Å²) in [7, 11) is -4.39. The second-order valence-corrected chi connectivity index (χ2v) is 22.0. The third-order valence-corrected chi connectivity index (χ3v) is 14.2. The molecule has 10 heteroatoms. The zero-order valence-corrected chi connectivity index (χ0v) is 49.4. The lowest BCUT2D eigenvalue weighted by Crippen LogP contribution is -2.29. The summed E-state index contributed by atoms with van der Waals surface area (Å²) in [5.41, 5.74) is 5.39. The number of unbranched alkanes of at least 4 members (excludes halogenated alkanes) is 31. The van der Waals surface area contributed by atoms with Gasteiger partial charge >= 0.3 is 19.8 Å². The Balaban J connectivity index is 3.91. The van der Waals surface area contributed by atoms with E-state index in [2.05, 4.69) is 98.9 Å². The van der Waals surface area contributed by atoms with Gasteiger partial charge in [-0.1, -0.05) is 266 Å². The van der Waals surface area contributed by atoms with E-state index >= 15 is 0 Å². The molecule has 0 bridgehead atoms. The lowest BCUT2D eigenvalue weighted by molar-refractivity contribution is -0.161. The van der Waals surface area contributed by atoms with Gasteiger partial charge in [-0.05, 0) is 89.9 Å². The molecule has 0 amide bonds. The highest BCUT2D eigenvalue weighted by Crippen LogP contribution is 2.43. The molecule has 0 saturated carbocycles. The molecule has 0 aromatic heterocycles. The zero-order valence-electron chi connectivity index (χ0n) is 48.5. The molecule has 0 fully saturated rings. The highest BCUT2D eigenvalue weighted by atomic mass is 31.2. The van der Waals surface area contributed by atoms with E-state index < -0.39 is 26.5 Å². The van der Waals surface area contributed by atoms with Crippen LogP contribution < -0.4 is 5.73 Å². The number of hydrogen-bond acceptors (Lipinski definition) is 8. The van der Waals surface area contributed by atoms with Crippen LogP contribution in [0.3, 0.4) is 0 Å². The van der Waals surface area contributed by atoms with Gasteiger partial charge in [0.1, 0.15) is 6.61 Å². The van der Waals surface area contributed by atoms with Crippen molar-refractivity contribution in [2.45, 2.75) is 290 Å². The van der Waals surface area contributed by atoms with Crippen LogP contribution in [0.4, 0.5) is 0 Å². The molecule has 0 aromatic carbocycles. The van der Waals surface area contributed by atoms with Crippen LogP contribution in [0.15, 0.2) is 85.1 Å². The minimum Gasteiger partial charge on any atom is -0.462 e. The second kappa shape index (κ2) is 60.4. The first kappa shape index (κ1) is 72.2. The van der Waals surface area contributed by atoms with Crippen molar-refractivity contribution in [1.29, 1.82) is 0 Å². The predicted molar refractivity (Wildman–Crippen MR) is 321 cm³/mol. The monoisotopic (exact) mass is 1070 g/mol. The molecule has 75 heavy (non-hydrogen) atoms. The molecule has 0 heterocycles. The third-order valence-electron chi connectivity index (χ3n) is 13.3. The Labute approximate surface area is 462 Å². The summed E-state index contributed by atoms with van der Waals surface area (Å²) in [4.78, 5) is 35.2. The molecule has 0 aliphatic heterocycles. The number of phosphoric acid groups is 1. The standard InChI is InChI=1S/C65H116NO8P/c1-3-5-7-9-11-13-15-17-19-21-23-25-26-27-28-29-30-31-32-33-34-35-36-38-40-42-44-46-48-50-52-54-56-58-65(68)74-63(62-73-75(69,70)72-60-59-66)61-71-64(67)57-55-53-51-49-47-45-43-41-39-37-24-22-20-18-16-14-12-10-8-6-4-2/h5,7,11,13,16-19,22-25,27-28,63H,3-4,6,8-10,12,14-15,20-21,26,29-62,66H2,1-2H3,(H,69,70)/b7-5-,13-11-,18-16-,19-17-,24-22-,25-23-,28-27-. The average molecular weight is 1070 g/mol. The van der Waals surface area contributed by atoms with Crippen molar-refractivity contribution in [1.82, 2.24) is 0 Å². The Bertz CT molecular complexity index is 1500. The quantitative estimate of drug-likeness (QED) is 0.0264. The maximum absolute atomic E-state index is 12.7. The summed E-state index contributed by atoms with van der Waals surface area (Å²) < 4.78 is 33.1. The van der Waals surface area contributed by atoms with Crippen LogP contribution in [-0.2, 0) is 32.7 Å². The molecule has 9 nitrogen and oxygen atoms in total. The summed E-state index contributed by atoms with van der Waals surface area (Å²) in [5.74, 6) is -0.825. The van der Waals surface area contributed by atoms with Crippen molar-refractivity contribution < 1.29 is 37.6 Å². The van der Waals surface area contributed by atoms with Crippen LogP contribution in [0.2, 0.25) is 0 Å². The van der Waals surface area contributed by atoms with Crippen molar-refractivity contribution in [3.8, 4) is 0 Å². The van der Waals surface area contributed by atoms with E-state index in [9.17, 15) is 19.0 Å². The Morgan fingerprint density at radius 1 is 0.413 bits per heavy atom. The van der Waals surface area contributed by atoms with Crippen molar-refractivity contribution >= 4 is 19.8 Å². The minimum atomic E-state index is -4.39. The largest absolute Gasteiger partial charge is 0.472 e. The number of phosphoric ester groups is 1. The molecule has 0 rings (SSSR count). The molecule has 2 atom stereocenters. The molecule has 2 unspecified atom stereocenters. The molecule has 434 valence electrons. The number of ether oxygens (including phenoxy) is 2. The van der Waals surface area contributed by atoms with Crippen molar-refractivity contribution in [3.05, 3.63) is 85.1 Å². The molecule has 0 radical (unpaired) electrons. The highest BCUT2D eigenvalue weighted by Gasteiger charge is 2.26. The van der Waals surface area contributed by atoms with Gasteiger partial charge in [-0.2, -0.15) is 0 Å². The van der Waals surface area contributed by atoms with Gasteiger partial charge in [-0.15, -0.1) is 0 Å². The fraction of sp³-hybridized carbons (Fsp3) is 0.754. The topological polar surface area (TPSA) is 134 Å². The van der Waals surface area contributed by atoms with E-state index in [-0.39, 0.29) is 38.6 Å². The highest BCUT2D eigenvalue weighted by molar-refractivity contribution is 7.47. The fourth-order valence-corrected chi connectivity index (χ4v) is 9.46. The maximum atomic E-state index is 12.7. The summed E-state index contributed by atoms with van der Waals surface area (Å²) in [6.45, 7) is 3.64. The van der Waals surface area contributed by atoms with Crippen molar-refractivity contribution in [3.63, 3.8) is 0 Å². The second-order valence-electron chi connectivity index (χ2n) is 20.5. The molecule has 0 aliphatic carbocycles. The lowest BCUT2D eigenvalue weighted by Gasteiger charge is -2.19. The van der Waals surface area contributed by atoms with Crippen LogP contribution in [-0.4, -0.2) is 49.3 Å². The lowest BCUT2D eigenvalue weighted by atomic mass is 10.0. The Hall–Kier alpha value is -2.81. The first-order chi connectivity index (χ1) is 36.8. The van der Waals surface area contributed by atoms with Crippen LogP contribution in [0.5, 0.6) is 0 Å². The fourth-order valence-electron chi connectivity index (χ4n) is 8.69. The van der Waals surface area contributed by atoms with Gasteiger partial charge < -0.3 is 20.1 Å². The van der Waals surface area contributed by atoms with E-state index in [0.717, 1.165) is 77.0 Å². The first-order valence-corrected chi connectivity index (χ1v) is 32.6. The van der Waals surface area contributed by atoms with Gasteiger partial charge in [-0.3, -0.25) is 18.6 Å². The van der Waals surface area contributed by atoms with Gasteiger partial charge in [-0.25, -0.2) is 4.57 Å². The van der Waals surface area contributed by atoms with E-state index in [0.29, 0.717) is 6.42 Å². The van der Waals surface area contributed by atoms with Gasteiger partial charge in [0.25, 0.3) is 0 Å². The van der Waals surface area contributed by atoms with Gasteiger partial charge in [0, 0.05) is 19.4 Å². The number of hydrogen-bond donors (Lipinski definition) is 2. The molecule has 3 N–H and O–H groups in total. The first-order valence-electron chi connectivity index (χ1n) is 31.1. The maximum Gasteiger partial charge on any atom is 0.472 e. The van der Waals surface area contributed by atoms with Crippen LogP contribution in [0, 0.1) is 0 Å². The molecule has 0 aliphatic rings. The number of carbonyl (C=O) groups excluding carboxylic acids is 2. The normalized spacial score (nSPS) is 13.6. The third kappa shape index (κ3) is 60.3. The molecular formula is C65H116NO8P. The Morgan fingerprint density at radius 2 is 0.733 bits per heavy atom. The van der Waals surface area contributed by atoms with Gasteiger partial charge in [0.2, 0.25) is 0 Å². The Kier molecular flexibility index (Phi) is 58.2. The van der Waals surface area contributed by atoms with Gasteiger partial charge in [0.05, 0.1) is 13.2 Å². The van der Waals surface area contributed by atoms with Crippen LogP contribution in [0.1, 0.15) is 284 Å². The number of carbonyl (C=O) groups is 2. The zero-order chi connectivity index (χ0) is 54.5. The summed E-state index contributed by atoms with van der Waals surface area (Å²) in [6, 6.07) is 0. The van der Waals surface area contributed by atoms with E-state index in [4.69, 9.17) is 24.3 Å². The molecule has 0 saturated heterocycles. The van der Waals surface area contributed by atoms with E-state index in [1.807, 2.05) is 0 Å². The number of nitrogens with two attached hydrogens (primary N) is 1. The molecular weight excluding hydrogens is 954 g/mol. The summed E-state index contributed by atoms with van der Waals surface area (Å²) >= 11 is 0. The van der Waals surface area contributed by atoms with E-state index in [1.54, 1.807) is 0 Å². The van der Waals surface area contributed by atoms with Crippen molar-refractivity contribution in [2.75, 3.05) is 26.4 Å². The smallest absolute Gasteiger partial charge is 0.462 e.